The fourth-order valence-electron chi connectivity index (χ4n) is 3.36. The Balaban J connectivity index is 1.62. The Kier molecular flexibility index (Phi) is 6.89. The molecule has 0 spiro atoms. The van der Waals surface area contributed by atoms with Gasteiger partial charge in [0, 0.05) is 30.9 Å². The molecule has 2 aromatic rings. The molecule has 8 heteroatoms. The van der Waals surface area contributed by atoms with Gasteiger partial charge in [-0.1, -0.05) is 25.5 Å². The number of hydrogen-bond donors (Lipinski definition) is 2. The molecule has 1 aliphatic rings. The second-order valence-corrected chi connectivity index (χ2v) is 9.28. The fraction of sp³-hybridized carbons (Fsp3) is 0.364. The molecule has 0 aliphatic carbocycles. The minimum absolute atomic E-state index is 0.0830. The first kappa shape index (κ1) is 22.0. The van der Waals surface area contributed by atoms with Gasteiger partial charge in [-0.05, 0) is 55.3 Å². The van der Waals surface area contributed by atoms with Crippen LogP contribution in [-0.4, -0.2) is 33.3 Å². The number of sulfonamides is 1. The van der Waals surface area contributed by atoms with Gasteiger partial charge in [-0.3, -0.25) is 9.59 Å². The molecule has 30 heavy (non-hydrogen) atoms. The molecule has 1 heterocycles. The quantitative estimate of drug-likeness (QED) is 0.631. The number of amides is 2. The summed E-state index contributed by atoms with van der Waals surface area (Å²) >= 11 is 0. The van der Waals surface area contributed by atoms with Gasteiger partial charge in [0.15, 0.2) is 0 Å². The first-order valence-electron chi connectivity index (χ1n) is 10.1. The van der Waals surface area contributed by atoms with Crippen molar-refractivity contribution >= 4 is 33.2 Å². The highest BCUT2D eigenvalue weighted by atomic mass is 32.2. The molecule has 2 amide bonds. The van der Waals surface area contributed by atoms with Crippen molar-refractivity contribution in [3.63, 3.8) is 0 Å². The molecule has 7 nitrogen and oxygen atoms in total. The topological polar surface area (TPSA) is 95.6 Å². The molecular weight excluding hydrogens is 402 g/mol. The van der Waals surface area contributed by atoms with Gasteiger partial charge in [0.25, 0.3) is 0 Å². The van der Waals surface area contributed by atoms with E-state index in [1.54, 1.807) is 17.0 Å². The Morgan fingerprint density at radius 2 is 1.90 bits per heavy atom. The Bertz CT molecular complexity index is 1020. The van der Waals surface area contributed by atoms with Crippen LogP contribution in [0.5, 0.6) is 0 Å². The summed E-state index contributed by atoms with van der Waals surface area (Å²) in [6.07, 6.45) is 1.82. The third kappa shape index (κ3) is 5.25. The number of unbranched alkanes of at least 4 members (excludes halogenated alkanes) is 1. The van der Waals surface area contributed by atoms with Crippen LogP contribution in [-0.2, 0) is 19.6 Å². The Labute approximate surface area is 177 Å². The first-order valence-corrected chi connectivity index (χ1v) is 11.6. The Morgan fingerprint density at radius 1 is 1.17 bits per heavy atom. The van der Waals surface area contributed by atoms with Gasteiger partial charge in [0.1, 0.15) is 0 Å². The molecule has 1 unspecified atom stereocenters. The van der Waals surface area contributed by atoms with Crippen LogP contribution in [0.25, 0.3) is 0 Å². The second kappa shape index (κ2) is 9.40. The number of aryl methyl sites for hydroxylation is 1. The molecule has 3 rings (SSSR count). The summed E-state index contributed by atoms with van der Waals surface area (Å²) in [5.74, 6) is -0.798. The average Bonchev–Trinajstić information content (AvgIpc) is 3.10. The summed E-state index contributed by atoms with van der Waals surface area (Å²) in [4.78, 5) is 26.8. The van der Waals surface area contributed by atoms with Crippen molar-refractivity contribution in [3.05, 3.63) is 54.1 Å². The van der Waals surface area contributed by atoms with E-state index in [0.29, 0.717) is 18.8 Å². The maximum Gasteiger partial charge on any atom is 0.240 e. The minimum Gasteiger partial charge on any atom is -0.326 e. The molecule has 2 aromatic carbocycles. The molecule has 1 atom stereocenters. The van der Waals surface area contributed by atoms with Crippen molar-refractivity contribution in [1.29, 1.82) is 0 Å². The van der Waals surface area contributed by atoms with E-state index in [4.69, 9.17) is 0 Å². The molecule has 0 saturated carbocycles. The maximum atomic E-state index is 12.6. The predicted molar refractivity (Wildman–Crippen MR) is 117 cm³/mol. The van der Waals surface area contributed by atoms with Gasteiger partial charge in [0.2, 0.25) is 21.8 Å². The van der Waals surface area contributed by atoms with E-state index < -0.39 is 15.9 Å². The lowest BCUT2D eigenvalue weighted by atomic mass is 10.1. The standard InChI is InChI=1S/C22H27N3O4S/c1-3-4-12-23-30(28,29)20-10-8-18(9-11-20)24-22(27)17-14-21(26)25(15-17)19-7-5-6-16(2)13-19/h5-11,13,17,23H,3-4,12,14-15H2,1-2H3,(H,24,27). The van der Waals surface area contributed by atoms with E-state index in [0.717, 1.165) is 24.1 Å². The van der Waals surface area contributed by atoms with Crippen LogP contribution >= 0.6 is 0 Å². The van der Waals surface area contributed by atoms with Crippen molar-refractivity contribution in [2.75, 3.05) is 23.3 Å². The van der Waals surface area contributed by atoms with E-state index in [-0.39, 0.29) is 23.1 Å². The number of benzene rings is 2. The lowest BCUT2D eigenvalue weighted by Gasteiger charge is -2.17. The van der Waals surface area contributed by atoms with E-state index >= 15 is 0 Å². The number of rotatable bonds is 8. The van der Waals surface area contributed by atoms with Crippen LogP contribution in [0.1, 0.15) is 31.7 Å². The van der Waals surface area contributed by atoms with Crippen molar-refractivity contribution in [3.8, 4) is 0 Å². The second-order valence-electron chi connectivity index (χ2n) is 7.51. The van der Waals surface area contributed by atoms with Crippen LogP contribution < -0.4 is 14.9 Å². The SMILES string of the molecule is CCCCNS(=O)(=O)c1ccc(NC(=O)C2CC(=O)N(c3cccc(C)c3)C2)cc1. The lowest BCUT2D eigenvalue weighted by molar-refractivity contribution is -0.122. The summed E-state index contributed by atoms with van der Waals surface area (Å²) in [5, 5.41) is 2.79. The van der Waals surface area contributed by atoms with Crippen LogP contribution in [0.4, 0.5) is 11.4 Å². The largest absolute Gasteiger partial charge is 0.326 e. The fourth-order valence-corrected chi connectivity index (χ4v) is 4.43. The normalized spacial score (nSPS) is 16.7. The van der Waals surface area contributed by atoms with Gasteiger partial charge >= 0.3 is 0 Å². The summed E-state index contributed by atoms with van der Waals surface area (Å²) in [7, 11) is -3.56. The highest BCUT2D eigenvalue weighted by Gasteiger charge is 2.35. The van der Waals surface area contributed by atoms with Crippen molar-refractivity contribution in [2.45, 2.75) is 38.0 Å². The number of carbonyl (C=O) groups is 2. The predicted octanol–water partition coefficient (Wildman–Crippen LogP) is 3.07. The number of anilines is 2. The number of hydrogen-bond acceptors (Lipinski definition) is 4. The van der Waals surface area contributed by atoms with Gasteiger partial charge in [-0.25, -0.2) is 13.1 Å². The van der Waals surface area contributed by atoms with E-state index in [9.17, 15) is 18.0 Å². The molecule has 1 aliphatic heterocycles. The summed E-state index contributed by atoms with van der Waals surface area (Å²) in [6.45, 7) is 4.66. The zero-order valence-electron chi connectivity index (χ0n) is 17.2. The molecule has 0 bridgehead atoms. The molecule has 2 N–H and O–H groups in total. The zero-order chi connectivity index (χ0) is 21.7. The third-order valence-electron chi connectivity index (χ3n) is 5.06. The van der Waals surface area contributed by atoms with Gasteiger partial charge < -0.3 is 10.2 Å². The summed E-state index contributed by atoms with van der Waals surface area (Å²) < 4.78 is 27.0. The molecule has 1 fully saturated rings. The Morgan fingerprint density at radius 3 is 2.57 bits per heavy atom. The van der Waals surface area contributed by atoms with E-state index in [2.05, 4.69) is 10.0 Å². The first-order chi connectivity index (χ1) is 14.3. The van der Waals surface area contributed by atoms with E-state index in [1.807, 2.05) is 38.1 Å². The van der Waals surface area contributed by atoms with Gasteiger partial charge in [-0.15, -0.1) is 0 Å². The summed E-state index contributed by atoms with van der Waals surface area (Å²) in [6, 6.07) is 13.7. The number of carbonyl (C=O) groups excluding carboxylic acids is 2. The van der Waals surface area contributed by atoms with Gasteiger partial charge in [0.05, 0.1) is 10.8 Å². The smallest absolute Gasteiger partial charge is 0.240 e. The minimum atomic E-state index is -3.56. The van der Waals surface area contributed by atoms with Crippen molar-refractivity contribution < 1.29 is 18.0 Å². The molecular formula is C22H27N3O4S. The highest BCUT2D eigenvalue weighted by Crippen LogP contribution is 2.27. The number of nitrogens with one attached hydrogen (secondary N) is 2. The van der Waals surface area contributed by atoms with E-state index in [1.165, 1.54) is 12.1 Å². The van der Waals surface area contributed by atoms with Crippen molar-refractivity contribution in [1.82, 2.24) is 4.72 Å². The molecule has 0 aromatic heterocycles. The summed E-state index contributed by atoms with van der Waals surface area (Å²) in [5.41, 5.74) is 2.34. The monoisotopic (exact) mass is 429 g/mol. The molecule has 0 radical (unpaired) electrons. The Hall–Kier alpha value is -2.71. The van der Waals surface area contributed by atoms with Crippen molar-refractivity contribution in [2.24, 2.45) is 5.92 Å². The molecule has 160 valence electrons. The van der Waals surface area contributed by atoms with Gasteiger partial charge in [-0.2, -0.15) is 0 Å². The maximum absolute atomic E-state index is 12.6. The third-order valence-corrected chi connectivity index (χ3v) is 6.54. The zero-order valence-corrected chi connectivity index (χ0v) is 18.0. The average molecular weight is 430 g/mol. The van der Waals surface area contributed by atoms with Crippen LogP contribution in [0.15, 0.2) is 53.4 Å². The highest BCUT2D eigenvalue weighted by molar-refractivity contribution is 7.89. The molecule has 1 saturated heterocycles. The van der Waals surface area contributed by atoms with Crippen LogP contribution in [0, 0.1) is 12.8 Å². The lowest BCUT2D eigenvalue weighted by Crippen LogP contribution is -2.28. The number of nitrogens with zero attached hydrogens (tertiary/aromatic N) is 1. The van der Waals surface area contributed by atoms with Crippen LogP contribution in [0.2, 0.25) is 0 Å². The van der Waals surface area contributed by atoms with Crippen LogP contribution in [0.3, 0.4) is 0 Å².